The summed E-state index contributed by atoms with van der Waals surface area (Å²) < 4.78 is 5.38. The van der Waals surface area contributed by atoms with Crippen molar-refractivity contribution in [2.45, 2.75) is 19.7 Å². The first kappa shape index (κ1) is 14.6. The molecule has 0 aliphatic carbocycles. The van der Waals surface area contributed by atoms with E-state index in [2.05, 4.69) is 11.8 Å². The molecule has 0 saturated heterocycles. The van der Waals surface area contributed by atoms with E-state index in [1.807, 2.05) is 25.1 Å². The van der Waals surface area contributed by atoms with E-state index in [9.17, 15) is 0 Å². The summed E-state index contributed by atoms with van der Waals surface area (Å²) in [7, 11) is 0. The quantitative estimate of drug-likeness (QED) is 0.552. The molecule has 17 heavy (non-hydrogen) atoms. The molecule has 0 N–H and O–H groups in total. The number of ether oxygens (including phenoxy) is 1. The van der Waals surface area contributed by atoms with Gasteiger partial charge in [-0.05, 0) is 31.5 Å². The summed E-state index contributed by atoms with van der Waals surface area (Å²) in [6, 6.07) is 5.82. The highest BCUT2D eigenvalue weighted by molar-refractivity contribution is 6.31. The monoisotopic (exact) mass is 275 g/mol. The SMILES string of the molecule is CCOCCN(CC)c1cc(Cl)ccc1CCl. The molecular weight excluding hydrogens is 257 g/mol. The van der Waals surface area contributed by atoms with Gasteiger partial charge in [-0.15, -0.1) is 11.6 Å². The number of nitrogens with zero attached hydrogens (tertiary/aromatic N) is 1. The lowest BCUT2D eigenvalue weighted by atomic mass is 10.2. The molecule has 2 nitrogen and oxygen atoms in total. The van der Waals surface area contributed by atoms with Crippen LogP contribution in [0.15, 0.2) is 18.2 Å². The molecule has 0 bridgehead atoms. The van der Waals surface area contributed by atoms with Gasteiger partial charge >= 0.3 is 0 Å². The Morgan fingerprint density at radius 3 is 2.65 bits per heavy atom. The topological polar surface area (TPSA) is 12.5 Å². The van der Waals surface area contributed by atoms with Gasteiger partial charge in [-0.2, -0.15) is 0 Å². The van der Waals surface area contributed by atoms with Gasteiger partial charge in [-0.3, -0.25) is 0 Å². The average molecular weight is 276 g/mol. The van der Waals surface area contributed by atoms with E-state index in [0.717, 1.165) is 42.6 Å². The zero-order valence-electron chi connectivity index (χ0n) is 10.4. The standard InChI is InChI=1S/C13H19Cl2NO/c1-3-16(7-8-17-4-2)13-9-12(15)6-5-11(13)10-14/h5-6,9H,3-4,7-8,10H2,1-2H3. The molecule has 4 heteroatoms. The van der Waals surface area contributed by atoms with Crippen LogP contribution in [0.1, 0.15) is 19.4 Å². The maximum Gasteiger partial charge on any atom is 0.0641 e. The normalized spacial score (nSPS) is 10.6. The number of anilines is 1. The molecule has 0 spiro atoms. The van der Waals surface area contributed by atoms with Crippen LogP contribution in [-0.4, -0.2) is 26.3 Å². The fourth-order valence-electron chi connectivity index (χ4n) is 1.71. The molecule has 0 fully saturated rings. The van der Waals surface area contributed by atoms with Crippen LogP contribution in [0.3, 0.4) is 0 Å². The van der Waals surface area contributed by atoms with Gasteiger partial charge in [-0.1, -0.05) is 17.7 Å². The van der Waals surface area contributed by atoms with Crippen molar-refractivity contribution in [1.82, 2.24) is 0 Å². The number of halogens is 2. The van der Waals surface area contributed by atoms with Crippen molar-refractivity contribution in [1.29, 1.82) is 0 Å². The van der Waals surface area contributed by atoms with Crippen molar-refractivity contribution in [3.8, 4) is 0 Å². The molecule has 0 unspecified atom stereocenters. The van der Waals surface area contributed by atoms with E-state index in [1.165, 1.54) is 0 Å². The van der Waals surface area contributed by atoms with Crippen molar-refractivity contribution >= 4 is 28.9 Å². The Kier molecular flexibility index (Phi) is 6.71. The van der Waals surface area contributed by atoms with Crippen LogP contribution in [0, 0.1) is 0 Å². The largest absolute Gasteiger partial charge is 0.380 e. The Morgan fingerprint density at radius 2 is 2.06 bits per heavy atom. The van der Waals surface area contributed by atoms with Gasteiger partial charge in [0.05, 0.1) is 6.61 Å². The molecular formula is C13H19Cl2NO. The van der Waals surface area contributed by atoms with Gasteiger partial charge in [0.1, 0.15) is 0 Å². The first-order chi connectivity index (χ1) is 8.22. The molecule has 0 aromatic heterocycles. The second kappa shape index (κ2) is 7.80. The molecule has 0 aliphatic rings. The van der Waals surface area contributed by atoms with Crippen molar-refractivity contribution in [3.63, 3.8) is 0 Å². The Morgan fingerprint density at radius 1 is 1.29 bits per heavy atom. The Bertz CT molecular complexity index is 344. The molecule has 0 aliphatic heterocycles. The maximum atomic E-state index is 6.04. The average Bonchev–Trinajstić information content (AvgIpc) is 2.35. The molecule has 0 saturated carbocycles. The van der Waals surface area contributed by atoms with Crippen LogP contribution in [0.2, 0.25) is 5.02 Å². The highest BCUT2D eigenvalue weighted by Gasteiger charge is 2.09. The summed E-state index contributed by atoms with van der Waals surface area (Å²) in [6.07, 6.45) is 0. The van der Waals surface area contributed by atoms with Gasteiger partial charge in [-0.25, -0.2) is 0 Å². The second-order valence-corrected chi connectivity index (χ2v) is 4.39. The second-order valence-electron chi connectivity index (χ2n) is 3.68. The number of alkyl halides is 1. The van der Waals surface area contributed by atoms with Crippen LogP contribution < -0.4 is 4.90 Å². The first-order valence-corrected chi connectivity index (χ1v) is 6.81. The highest BCUT2D eigenvalue weighted by Crippen LogP contribution is 2.26. The van der Waals surface area contributed by atoms with E-state index in [4.69, 9.17) is 27.9 Å². The summed E-state index contributed by atoms with van der Waals surface area (Å²) in [5.74, 6) is 0.498. The lowest BCUT2D eigenvalue weighted by Gasteiger charge is -2.25. The summed E-state index contributed by atoms with van der Waals surface area (Å²) in [5, 5.41) is 0.740. The first-order valence-electron chi connectivity index (χ1n) is 5.90. The number of hydrogen-bond donors (Lipinski definition) is 0. The van der Waals surface area contributed by atoms with E-state index in [0.29, 0.717) is 5.88 Å². The molecule has 1 aromatic carbocycles. The van der Waals surface area contributed by atoms with Gasteiger partial charge < -0.3 is 9.64 Å². The van der Waals surface area contributed by atoms with E-state index in [1.54, 1.807) is 0 Å². The fraction of sp³-hybridized carbons (Fsp3) is 0.538. The molecule has 96 valence electrons. The number of benzene rings is 1. The van der Waals surface area contributed by atoms with Crippen molar-refractivity contribution in [2.24, 2.45) is 0 Å². The summed E-state index contributed by atoms with van der Waals surface area (Å²) in [4.78, 5) is 2.24. The lowest BCUT2D eigenvalue weighted by Crippen LogP contribution is -2.28. The Labute approximate surface area is 113 Å². The van der Waals surface area contributed by atoms with E-state index in [-0.39, 0.29) is 0 Å². The fourth-order valence-corrected chi connectivity index (χ4v) is 2.10. The Hall–Kier alpha value is -0.440. The zero-order valence-corrected chi connectivity index (χ0v) is 11.9. The van der Waals surface area contributed by atoms with Crippen LogP contribution in [0.5, 0.6) is 0 Å². The molecule has 0 amide bonds. The van der Waals surface area contributed by atoms with E-state index < -0.39 is 0 Å². The zero-order chi connectivity index (χ0) is 12.7. The van der Waals surface area contributed by atoms with Crippen molar-refractivity contribution in [3.05, 3.63) is 28.8 Å². The van der Waals surface area contributed by atoms with E-state index >= 15 is 0 Å². The predicted molar refractivity (Wildman–Crippen MR) is 75.4 cm³/mol. The Balaban J connectivity index is 2.82. The van der Waals surface area contributed by atoms with Crippen LogP contribution in [0.4, 0.5) is 5.69 Å². The summed E-state index contributed by atoms with van der Waals surface area (Å²) in [5.41, 5.74) is 2.21. The smallest absolute Gasteiger partial charge is 0.0641 e. The van der Waals surface area contributed by atoms with Gasteiger partial charge in [0, 0.05) is 36.3 Å². The molecule has 0 heterocycles. The minimum atomic E-state index is 0.498. The molecule has 1 aromatic rings. The summed E-state index contributed by atoms with van der Waals surface area (Å²) >= 11 is 12.0. The molecule has 0 atom stereocenters. The third kappa shape index (κ3) is 4.38. The maximum absolute atomic E-state index is 6.04. The minimum Gasteiger partial charge on any atom is -0.380 e. The van der Waals surface area contributed by atoms with Crippen LogP contribution in [0.25, 0.3) is 0 Å². The minimum absolute atomic E-state index is 0.498. The predicted octanol–water partition coefficient (Wildman–Crippen LogP) is 3.94. The van der Waals surface area contributed by atoms with Crippen molar-refractivity contribution in [2.75, 3.05) is 31.2 Å². The number of rotatable bonds is 7. The number of likely N-dealkylation sites (N-methyl/N-ethyl adjacent to an activating group) is 1. The van der Waals surface area contributed by atoms with Crippen LogP contribution in [-0.2, 0) is 10.6 Å². The molecule has 0 radical (unpaired) electrons. The number of hydrogen-bond acceptors (Lipinski definition) is 2. The van der Waals surface area contributed by atoms with Crippen molar-refractivity contribution < 1.29 is 4.74 Å². The third-order valence-corrected chi connectivity index (χ3v) is 3.15. The van der Waals surface area contributed by atoms with Crippen LogP contribution >= 0.6 is 23.2 Å². The molecule has 1 rings (SSSR count). The third-order valence-electron chi connectivity index (χ3n) is 2.62. The van der Waals surface area contributed by atoms with Gasteiger partial charge in [0.2, 0.25) is 0 Å². The van der Waals surface area contributed by atoms with Gasteiger partial charge in [0.25, 0.3) is 0 Å². The van der Waals surface area contributed by atoms with Gasteiger partial charge in [0.15, 0.2) is 0 Å². The lowest BCUT2D eigenvalue weighted by molar-refractivity contribution is 0.154. The highest BCUT2D eigenvalue weighted by atomic mass is 35.5. The summed E-state index contributed by atoms with van der Waals surface area (Å²) in [6.45, 7) is 7.35.